The van der Waals surface area contributed by atoms with Gasteiger partial charge >= 0.3 is 12.2 Å². The predicted molar refractivity (Wildman–Crippen MR) is 148 cm³/mol. The van der Waals surface area contributed by atoms with Gasteiger partial charge in [-0.2, -0.15) is 13.2 Å². The molecule has 1 aliphatic carbocycles. The van der Waals surface area contributed by atoms with E-state index < -0.39 is 23.8 Å². The average molecular weight is 561 g/mol. The first-order valence-corrected chi connectivity index (χ1v) is 13.2. The molecule has 2 heterocycles. The highest BCUT2D eigenvalue weighted by Crippen LogP contribution is 2.43. The number of nitrogens with zero attached hydrogens (tertiary/aromatic N) is 3. The van der Waals surface area contributed by atoms with Gasteiger partial charge in [-0.25, -0.2) is 4.79 Å². The van der Waals surface area contributed by atoms with Crippen LogP contribution in [0.2, 0.25) is 0 Å². The van der Waals surface area contributed by atoms with E-state index in [9.17, 15) is 22.8 Å². The van der Waals surface area contributed by atoms with Crippen molar-refractivity contribution < 1.29 is 27.5 Å². The normalized spacial score (nSPS) is 16.0. The van der Waals surface area contributed by atoms with E-state index in [-0.39, 0.29) is 24.2 Å². The van der Waals surface area contributed by atoms with E-state index in [4.69, 9.17) is 4.74 Å². The van der Waals surface area contributed by atoms with Crippen LogP contribution in [0.5, 0.6) is 5.75 Å². The standard InChI is InChI=1S/C31H27F3N4O3/c1-41-22-16-12-20(13-17-22)29-27-11-6-18-36(27)25-9-4-5-10-26(25)38(29)28(39)19-37(21-14-15-21)30(40)35-24-8-3-2-7-23(24)31(32,33)34/h2-13,16-18,21,29H,14-15,19H2,1H3,(H,35,40). The van der Waals surface area contributed by atoms with Crippen molar-refractivity contribution in [3.63, 3.8) is 0 Å². The summed E-state index contributed by atoms with van der Waals surface area (Å²) in [4.78, 5) is 30.6. The summed E-state index contributed by atoms with van der Waals surface area (Å²) < 4.78 is 48.1. The molecule has 41 heavy (non-hydrogen) atoms. The number of nitrogens with one attached hydrogen (secondary N) is 1. The fraction of sp³-hybridized carbons (Fsp3) is 0.226. The van der Waals surface area contributed by atoms with Crippen molar-refractivity contribution >= 4 is 23.3 Å². The molecule has 6 rings (SSSR count). The third kappa shape index (κ3) is 5.01. The quantitative estimate of drug-likeness (QED) is 0.288. The first kappa shape index (κ1) is 26.5. The molecule has 2 aliphatic rings. The van der Waals surface area contributed by atoms with Crippen LogP contribution in [-0.4, -0.2) is 41.1 Å². The van der Waals surface area contributed by atoms with Gasteiger partial charge in [0.15, 0.2) is 0 Å². The third-order valence-electron chi connectivity index (χ3n) is 7.45. The van der Waals surface area contributed by atoms with Crippen LogP contribution < -0.4 is 15.0 Å². The summed E-state index contributed by atoms with van der Waals surface area (Å²) >= 11 is 0. The maximum atomic E-state index is 14.2. The molecule has 1 aromatic heterocycles. The second kappa shape index (κ2) is 10.3. The monoisotopic (exact) mass is 560 g/mol. The smallest absolute Gasteiger partial charge is 0.418 e. The molecule has 0 bridgehead atoms. The molecular formula is C31H27F3N4O3. The topological polar surface area (TPSA) is 66.8 Å². The average Bonchev–Trinajstić information content (AvgIpc) is 3.69. The van der Waals surface area contributed by atoms with Gasteiger partial charge < -0.3 is 19.5 Å². The Bertz CT molecular complexity index is 1590. The van der Waals surface area contributed by atoms with Crippen molar-refractivity contribution in [2.24, 2.45) is 0 Å². The Labute approximate surface area is 234 Å². The van der Waals surface area contributed by atoms with Gasteiger partial charge in [0, 0.05) is 12.2 Å². The number of anilines is 2. The number of alkyl halides is 3. The fourth-order valence-corrected chi connectivity index (χ4v) is 5.36. The SMILES string of the molecule is COc1ccc(C2c3cccn3-c3ccccc3N2C(=O)CN(C(=O)Nc2ccccc2C(F)(F)F)C2CC2)cc1. The van der Waals surface area contributed by atoms with Gasteiger partial charge in [-0.05, 0) is 66.9 Å². The molecule has 4 aromatic rings. The Kier molecular flexibility index (Phi) is 6.69. The number of carbonyl (C=O) groups excluding carboxylic acids is 2. The number of hydrogen-bond acceptors (Lipinski definition) is 3. The van der Waals surface area contributed by atoms with E-state index >= 15 is 0 Å². The lowest BCUT2D eigenvalue weighted by molar-refractivity contribution is -0.137. The predicted octanol–water partition coefficient (Wildman–Crippen LogP) is 6.64. The Morgan fingerprint density at radius 1 is 0.927 bits per heavy atom. The molecule has 3 aromatic carbocycles. The molecular weight excluding hydrogens is 533 g/mol. The van der Waals surface area contributed by atoms with E-state index in [0.717, 1.165) is 23.0 Å². The van der Waals surface area contributed by atoms with Crippen LogP contribution >= 0.6 is 0 Å². The van der Waals surface area contributed by atoms with Crippen molar-refractivity contribution in [3.8, 4) is 11.4 Å². The summed E-state index contributed by atoms with van der Waals surface area (Å²) in [6.45, 7) is -0.299. The first-order chi connectivity index (χ1) is 19.8. The molecule has 210 valence electrons. The summed E-state index contributed by atoms with van der Waals surface area (Å²) in [6, 6.07) is 22.2. The van der Waals surface area contributed by atoms with Crippen LogP contribution in [0.15, 0.2) is 91.1 Å². The van der Waals surface area contributed by atoms with E-state index in [1.165, 1.54) is 23.1 Å². The van der Waals surface area contributed by atoms with Crippen molar-refractivity contribution in [2.75, 3.05) is 23.9 Å². The minimum atomic E-state index is -4.64. The van der Waals surface area contributed by atoms with E-state index in [1.54, 1.807) is 12.0 Å². The number of hydrogen-bond donors (Lipinski definition) is 1. The number of carbonyl (C=O) groups is 2. The number of para-hydroxylation sites is 3. The molecule has 7 nitrogen and oxygen atoms in total. The van der Waals surface area contributed by atoms with Gasteiger partial charge in [0.25, 0.3) is 0 Å². The Morgan fingerprint density at radius 2 is 1.61 bits per heavy atom. The summed E-state index contributed by atoms with van der Waals surface area (Å²) in [7, 11) is 1.58. The Morgan fingerprint density at radius 3 is 2.29 bits per heavy atom. The minimum Gasteiger partial charge on any atom is -0.497 e. The maximum Gasteiger partial charge on any atom is 0.418 e. The molecule has 1 saturated carbocycles. The van der Waals surface area contributed by atoms with Crippen molar-refractivity contribution in [2.45, 2.75) is 31.1 Å². The lowest BCUT2D eigenvalue weighted by atomic mass is 9.97. The van der Waals surface area contributed by atoms with Gasteiger partial charge in [0.2, 0.25) is 5.91 Å². The van der Waals surface area contributed by atoms with E-state index in [0.29, 0.717) is 24.3 Å². The van der Waals surface area contributed by atoms with Crippen LogP contribution in [-0.2, 0) is 11.0 Å². The summed E-state index contributed by atoms with van der Waals surface area (Å²) in [5.41, 5.74) is 1.90. The number of ether oxygens (including phenoxy) is 1. The van der Waals surface area contributed by atoms with Gasteiger partial charge in [-0.3, -0.25) is 9.69 Å². The van der Waals surface area contributed by atoms with Crippen molar-refractivity contribution in [1.29, 1.82) is 0 Å². The summed E-state index contributed by atoms with van der Waals surface area (Å²) in [6.07, 6.45) is -1.36. The van der Waals surface area contributed by atoms with Crippen LogP contribution in [0.4, 0.5) is 29.3 Å². The Balaban J connectivity index is 1.35. The first-order valence-electron chi connectivity index (χ1n) is 13.2. The molecule has 0 spiro atoms. The van der Waals surface area contributed by atoms with Crippen LogP contribution in [0, 0.1) is 0 Å². The van der Waals surface area contributed by atoms with Crippen LogP contribution in [0.1, 0.15) is 35.7 Å². The summed E-state index contributed by atoms with van der Waals surface area (Å²) in [5.74, 6) is 0.325. The molecule has 0 saturated heterocycles. The van der Waals surface area contributed by atoms with E-state index in [1.807, 2.05) is 71.4 Å². The maximum absolute atomic E-state index is 14.2. The molecule has 10 heteroatoms. The number of methoxy groups -OCH3 is 1. The van der Waals surface area contributed by atoms with Gasteiger partial charge in [-0.15, -0.1) is 0 Å². The van der Waals surface area contributed by atoms with Gasteiger partial charge in [-0.1, -0.05) is 36.4 Å². The second-order valence-corrected chi connectivity index (χ2v) is 10.1. The van der Waals surface area contributed by atoms with Gasteiger partial charge in [0.1, 0.15) is 18.3 Å². The zero-order chi connectivity index (χ0) is 28.7. The van der Waals surface area contributed by atoms with E-state index in [2.05, 4.69) is 5.32 Å². The molecule has 1 unspecified atom stereocenters. The number of amides is 3. The summed E-state index contributed by atoms with van der Waals surface area (Å²) in [5, 5.41) is 2.41. The fourth-order valence-electron chi connectivity index (χ4n) is 5.36. The number of halogens is 3. The zero-order valence-electron chi connectivity index (χ0n) is 22.1. The molecule has 1 aliphatic heterocycles. The molecule has 1 N–H and O–H groups in total. The number of fused-ring (bicyclic) bond motifs is 3. The molecule has 1 fully saturated rings. The Hall–Kier alpha value is -4.73. The highest BCUT2D eigenvalue weighted by atomic mass is 19.4. The highest BCUT2D eigenvalue weighted by molar-refractivity contribution is 6.01. The van der Waals surface area contributed by atoms with Crippen molar-refractivity contribution in [1.82, 2.24) is 9.47 Å². The van der Waals surface area contributed by atoms with Crippen LogP contribution in [0.3, 0.4) is 0 Å². The minimum absolute atomic E-state index is 0.236. The zero-order valence-corrected chi connectivity index (χ0v) is 22.1. The third-order valence-corrected chi connectivity index (χ3v) is 7.45. The van der Waals surface area contributed by atoms with Crippen molar-refractivity contribution in [3.05, 3.63) is 108 Å². The second-order valence-electron chi connectivity index (χ2n) is 10.1. The molecule has 3 amide bonds. The van der Waals surface area contributed by atoms with Crippen LogP contribution in [0.25, 0.3) is 5.69 Å². The lowest BCUT2D eigenvalue weighted by Crippen LogP contribution is -2.48. The largest absolute Gasteiger partial charge is 0.497 e. The number of aromatic nitrogens is 1. The number of rotatable bonds is 6. The lowest BCUT2D eigenvalue weighted by Gasteiger charge is -2.39. The highest BCUT2D eigenvalue weighted by Gasteiger charge is 2.41. The molecule has 0 radical (unpaired) electrons. The number of benzene rings is 3. The number of urea groups is 1. The van der Waals surface area contributed by atoms with Gasteiger partial charge in [0.05, 0.1) is 35.4 Å². The molecule has 1 atom stereocenters.